The van der Waals surface area contributed by atoms with Gasteiger partial charge in [-0.1, -0.05) is 24.3 Å². The third kappa shape index (κ3) is 2.83. The van der Waals surface area contributed by atoms with Crippen LogP contribution < -0.4 is 10.1 Å². The van der Waals surface area contributed by atoms with Gasteiger partial charge in [0.2, 0.25) is 0 Å². The first-order valence-corrected chi connectivity index (χ1v) is 7.62. The highest BCUT2D eigenvalue weighted by molar-refractivity contribution is 9.10. The first-order valence-electron chi connectivity index (χ1n) is 6.83. The minimum atomic E-state index is -0.0726. The van der Waals surface area contributed by atoms with Gasteiger partial charge in [-0.05, 0) is 59.1 Å². The molecule has 1 heterocycles. The van der Waals surface area contributed by atoms with Crippen LogP contribution in [0, 0.1) is 0 Å². The molecule has 0 aliphatic carbocycles. The van der Waals surface area contributed by atoms with Crippen LogP contribution in [-0.4, -0.2) is 5.60 Å². The second kappa shape index (κ2) is 5.13. The van der Waals surface area contributed by atoms with Gasteiger partial charge in [0.05, 0.1) is 0 Å². The molecular weight excluding hydrogens is 314 g/mol. The normalized spacial score (nSPS) is 15.6. The average Bonchev–Trinajstić information content (AvgIpc) is 2.71. The number of halogens is 1. The monoisotopic (exact) mass is 331 g/mol. The predicted octanol–water partition coefficient (Wildman–Crippen LogP) is 4.77. The predicted molar refractivity (Wildman–Crippen MR) is 86.3 cm³/mol. The van der Waals surface area contributed by atoms with E-state index in [2.05, 4.69) is 59.4 Å². The zero-order chi connectivity index (χ0) is 14.2. The molecule has 0 bridgehead atoms. The van der Waals surface area contributed by atoms with Gasteiger partial charge in [0.25, 0.3) is 0 Å². The molecule has 0 radical (unpaired) electrons. The zero-order valence-corrected chi connectivity index (χ0v) is 13.3. The van der Waals surface area contributed by atoms with Crippen LogP contribution in [0.1, 0.15) is 25.0 Å². The van der Waals surface area contributed by atoms with Crippen LogP contribution in [0.4, 0.5) is 5.69 Å². The van der Waals surface area contributed by atoms with Crippen molar-refractivity contribution in [3.63, 3.8) is 0 Å². The second-order valence-electron chi connectivity index (χ2n) is 5.81. The minimum absolute atomic E-state index is 0.0726. The number of fused-ring (bicyclic) bond motifs is 1. The summed E-state index contributed by atoms with van der Waals surface area (Å²) in [7, 11) is 0. The van der Waals surface area contributed by atoms with Crippen LogP contribution in [0.25, 0.3) is 0 Å². The number of anilines is 1. The summed E-state index contributed by atoms with van der Waals surface area (Å²) in [4.78, 5) is 0. The molecule has 0 spiro atoms. The third-order valence-corrected chi connectivity index (χ3v) is 4.18. The van der Waals surface area contributed by atoms with Gasteiger partial charge in [-0.15, -0.1) is 0 Å². The summed E-state index contributed by atoms with van der Waals surface area (Å²) in [6.45, 7) is 5.08. The molecule has 3 rings (SSSR count). The summed E-state index contributed by atoms with van der Waals surface area (Å²) in [5, 5.41) is 3.45. The maximum Gasteiger partial charge on any atom is 0.123 e. The topological polar surface area (TPSA) is 21.3 Å². The van der Waals surface area contributed by atoms with Crippen LogP contribution in [-0.2, 0) is 13.0 Å². The maximum atomic E-state index is 5.90. The van der Waals surface area contributed by atoms with E-state index in [0.717, 1.165) is 28.9 Å². The van der Waals surface area contributed by atoms with Gasteiger partial charge in [0, 0.05) is 23.1 Å². The van der Waals surface area contributed by atoms with Crippen molar-refractivity contribution in [2.45, 2.75) is 32.4 Å². The standard InChI is InChI=1S/C17H18BrNO/c1-17(2)10-13-9-12(7-8-16(13)20-17)11-19-15-6-4-3-5-14(15)18/h3-9,19H,10-11H2,1-2H3. The fraction of sp³-hybridized carbons (Fsp3) is 0.294. The molecule has 104 valence electrons. The molecule has 2 aromatic carbocycles. The second-order valence-corrected chi connectivity index (χ2v) is 6.67. The molecule has 2 nitrogen and oxygen atoms in total. The van der Waals surface area contributed by atoms with E-state index in [9.17, 15) is 0 Å². The molecule has 0 aromatic heterocycles. The molecule has 2 aromatic rings. The van der Waals surface area contributed by atoms with Crippen LogP contribution in [0.3, 0.4) is 0 Å². The molecule has 1 N–H and O–H groups in total. The van der Waals surface area contributed by atoms with Crippen molar-refractivity contribution < 1.29 is 4.74 Å². The first-order chi connectivity index (χ1) is 9.53. The lowest BCUT2D eigenvalue weighted by Gasteiger charge is -2.16. The van der Waals surface area contributed by atoms with Crippen LogP contribution in [0.2, 0.25) is 0 Å². The Hall–Kier alpha value is -1.48. The van der Waals surface area contributed by atoms with E-state index in [0.29, 0.717) is 0 Å². The molecule has 1 aliphatic heterocycles. The molecule has 20 heavy (non-hydrogen) atoms. The Labute approximate surface area is 128 Å². The molecule has 1 aliphatic rings. The van der Waals surface area contributed by atoms with E-state index in [1.165, 1.54) is 11.1 Å². The minimum Gasteiger partial charge on any atom is -0.487 e. The number of rotatable bonds is 3. The van der Waals surface area contributed by atoms with Gasteiger partial charge in [-0.3, -0.25) is 0 Å². The number of benzene rings is 2. The molecule has 0 saturated heterocycles. The van der Waals surface area contributed by atoms with Gasteiger partial charge >= 0.3 is 0 Å². The quantitative estimate of drug-likeness (QED) is 0.874. The van der Waals surface area contributed by atoms with Crippen LogP contribution >= 0.6 is 15.9 Å². The summed E-state index contributed by atoms with van der Waals surface area (Å²) in [6, 6.07) is 14.6. The summed E-state index contributed by atoms with van der Waals surface area (Å²) in [5.74, 6) is 1.03. The average molecular weight is 332 g/mol. The number of hydrogen-bond donors (Lipinski definition) is 1. The SMILES string of the molecule is CC1(C)Cc2cc(CNc3ccccc3Br)ccc2O1. The van der Waals surface area contributed by atoms with E-state index in [1.54, 1.807) is 0 Å². The molecule has 0 fully saturated rings. The number of hydrogen-bond acceptors (Lipinski definition) is 2. The lowest BCUT2D eigenvalue weighted by molar-refractivity contribution is 0.138. The smallest absolute Gasteiger partial charge is 0.123 e. The molecule has 0 saturated carbocycles. The van der Waals surface area contributed by atoms with Crippen molar-refractivity contribution in [2.75, 3.05) is 5.32 Å². The third-order valence-electron chi connectivity index (χ3n) is 3.48. The fourth-order valence-electron chi connectivity index (χ4n) is 2.57. The number of nitrogens with one attached hydrogen (secondary N) is 1. The zero-order valence-electron chi connectivity index (χ0n) is 11.7. The molecule has 0 atom stereocenters. The number of para-hydroxylation sites is 1. The first kappa shape index (κ1) is 13.5. The Balaban J connectivity index is 1.73. The fourth-order valence-corrected chi connectivity index (χ4v) is 3.00. The summed E-state index contributed by atoms with van der Waals surface area (Å²) >= 11 is 3.55. The van der Waals surface area contributed by atoms with E-state index in [1.807, 2.05) is 18.2 Å². The van der Waals surface area contributed by atoms with Gasteiger partial charge in [0.1, 0.15) is 11.4 Å². The van der Waals surface area contributed by atoms with Crippen molar-refractivity contribution in [2.24, 2.45) is 0 Å². The van der Waals surface area contributed by atoms with Crippen molar-refractivity contribution in [3.05, 3.63) is 58.1 Å². The van der Waals surface area contributed by atoms with E-state index in [-0.39, 0.29) is 5.60 Å². The van der Waals surface area contributed by atoms with Crippen molar-refractivity contribution in [1.29, 1.82) is 0 Å². The number of ether oxygens (including phenoxy) is 1. The van der Waals surface area contributed by atoms with Gasteiger partial charge in [-0.25, -0.2) is 0 Å². The van der Waals surface area contributed by atoms with Crippen molar-refractivity contribution in [3.8, 4) is 5.75 Å². The summed E-state index contributed by atoms with van der Waals surface area (Å²) < 4.78 is 6.99. The van der Waals surface area contributed by atoms with Crippen LogP contribution in [0.5, 0.6) is 5.75 Å². The highest BCUT2D eigenvalue weighted by Gasteiger charge is 2.29. The van der Waals surface area contributed by atoms with E-state index >= 15 is 0 Å². The van der Waals surface area contributed by atoms with Gasteiger partial charge < -0.3 is 10.1 Å². The molecular formula is C17H18BrNO. The highest BCUT2D eigenvalue weighted by Crippen LogP contribution is 2.35. The lowest BCUT2D eigenvalue weighted by atomic mass is 10.0. The Bertz CT molecular complexity index is 637. The van der Waals surface area contributed by atoms with Crippen LogP contribution in [0.15, 0.2) is 46.9 Å². The van der Waals surface area contributed by atoms with Gasteiger partial charge in [0.15, 0.2) is 0 Å². The maximum absolute atomic E-state index is 5.90. The Kier molecular flexibility index (Phi) is 3.47. The molecule has 0 amide bonds. The molecule has 0 unspecified atom stereocenters. The van der Waals surface area contributed by atoms with Crippen molar-refractivity contribution in [1.82, 2.24) is 0 Å². The summed E-state index contributed by atoms with van der Waals surface area (Å²) in [6.07, 6.45) is 0.977. The lowest BCUT2D eigenvalue weighted by Crippen LogP contribution is -2.24. The highest BCUT2D eigenvalue weighted by atomic mass is 79.9. The summed E-state index contributed by atoms with van der Waals surface area (Å²) in [5.41, 5.74) is 3.63. The Morgan fingerprint density at radius 2 is 2.00 bits per heavy atom. The largest absolute Gasteiger partial charge is 0.487 e. The van der Waals surface area contributed by atoms with Crippen molar-refractivity contribution >= 4 is 21.6 Å². The van der Waals surface area contributed by atoms with Gasteiger partial charge in [-0.2, -0.15) is 0 Å². The Morgan fingerprint density at radius 3 is 2.80 bits per heavy atom. The Morgan fingerprint density at radius 1 is 1.20 bits per heavy atom. The van der Waals surface area contributed by atoms with E-state index < -0.39 is 0 Å². The molecule has 3 heteroatoms. The van der Waals surface area contributed by atoms with E-state index in [4.69, 9.17) is 4.74 Å².